The van der Waals surface area contributed by atoms with Crippen molar-refractivity contribution < 1.29 is 0 Å². The van der Waals surface area contributed by atoms with Crippen molar-refractivity contribution in [2.24, 2.45) is 7.05 Å². The lowest BCUT2D eigenvalue weighted by molar-refractivity contribution is 0.727. The van der Waals surface area contributed by atoms with E-state index in [1.54, 1.807) is 0 Å². The molecule has 0 fully saturated rings. The molecule has 90 valence electrons. The molecule has 2 aromatic rings. The van der Waals surface area contributed by atoms with E-state index in [0.717, 1.165) is 20.4 Å². The van der Waals surface area contributed by atoms with Gasteiger partial charge in [0.2, 0.25) is 0 Å². The van der Waals surface area contributed by atoms with E-state index in [2.05, 4.69) is 61.2 Å². The van der Waals surface area contributed by atoms with Gasteiger partial charge in [-0.2, -0.15) is 5.10 Å². The smallest absolute Gasteiger partial charge is 0.0738 e. The van der Waals surface area contributed by atoms with Crippen molar-refractivity contribution in [1.82, 2.24) is 9.78 Å². The fraction of sp³-hybridized carbons (Fsp3) is 0.250. The van der Waals surface area contributed by atoms with Crippen molar-refractivity contribution in [3.05, 3.63) is 44.6 Å². The molecule has 1 heterocycles. The molecule has 2 nitrogen and oxygen atoms in total. The summed E-state index contributed by atoms with van der Waals surface area (Å²) in [6.45, 7) is 2.01. The minimum Gasteiger partial charge on any atom is -0.270 e. The lowest BCUT2D eigenvalue weighted by atomic mass is 10.4. The summed E-state index contributed by atoms with van der Waals surface area (Å²) in [5, 5.41) is 4.39. The zero-order valence-electron chi connectivity index (χ0n) is 9.58. The summed E-state index contributed by atoms with van der Waals surface area (Å²) in [5.41, 5.74) is 2.26. The molecule has 17 heavy (non-hydrogen) atoms. The van der Waals surface area contributed by atoms with E-state index in [0.29, 0.717) is 0 Å². The number of halogens is 2. The largest absolute Gasteiger partial charge is 0.270 e. The second kappa shape index (κ2) is 5.59. The number of aryl methyl sites for hydroxylation is 2. The molecule has 1 aromatic carbocycles. The van der Waals surface area contributed by atoms with E-state index >= 15 is 0 Å². The second-order valence-corrected chi connectivity index (χ2v) is 6.47. The van der Waals surface area contributed by atoms with E-state index < -0.39 is 0 Å². The Morgan fingerprint density at radius 3 is 2.41 bits per heavy atom. The number of hydrogen-bond acceptors (Lipinski definition) is 2. The van der Waals surface area contributed by atoms with Crippen molar-refractivity contribution in [1.29, 1.82) is 0 Å². The number of rotatable bonds is 3. The van der Waals surface area contributed by atoms with Gasteiger partial charge in [0.05, 0.1) is 15.9 Å². The Balaban J connectivity index is 2.09. The normalized spacial score (nSPS) is 10.8. The molecular weight excluding hydrogens is 364 g/mol. The summed E-state index contributed by atoms with van der Waals surface area (Å²) in [5.74, 6) is 0.916. The highest BCUT2D eigenvalue weighted by Crippen LogP contribution is 2.29. The van der Waals surface area contributed by atoms with Crippen LogP contribution in [0.2, 0.25) is 0 Å². The minimum absolute atomic E-state index is 0.916. The van der Waals surface area contributed by atoms with Gasteiger partial charge in [-0.05, 0) is 47.1 Å². The van der Waals surface area contributed by atoms with Crippen LogP contribution >= 0.6 is 43.6 Å². The van der Waals surface area contributed by atoms with Crippen LogP contribution in [0.1, 0.15) is 11.4 Å². The monoisotopic (exact) mass is 374 g/mol. The van der Waals surface area contributed by atoms with Crippen molar-refractivity contribution in [2.45, 2.75) is 17.6 Å². The van der Waals surface area contributed by atoms with Gasteiger partial charge in [0.1, 0.15) is 0 Å². The molecular formula is C12H12Br2N2S. The minimum atomic E-state index is 0.916. The maximum absolute atomic E-state index is 4.39. The molecule has 0 amide bonds. The third-order valence-electron chi connectivity index (χ3n) is 2.45. The van der Waals surface area contributed by atoms with Crippen LogP contribution in [-0.4, -0.2) is 9.78 Å². The molecule has 0 saturated heterocycles. The SMILES string of the molecule is Cc1nn(C)c(CSc2ccc(Br)cc2)c1Br. The lowest BCUT2D eigenvalue weighted by Crippen LogP contribution is -1.96. The summed E-state index contributed by atoms with van der Waals surface area (Å²) < 4.78 is 4.16. The van der Waals surface area contributed by atoms with Crippen LogP contribution in [0.3, 0.4) is 0 Å². The van der Waals surface area contributed by atoms with E-state index in [1.807, 2.05) is 30.4 Å². The van der Waals surface area contributed by atoms with Gasteiger partial charge in [-0.15, -0.1) is 11.8 Å². The molecule has 0 bridgehead atoms. The van der Waals surface area contributed by atoms with Crippen LogP contribution in [0.4, 0.5) is 0 Å². The fourth-order valence-electron chi connectivity index (χ4n) is 1.52. The standard InChI is InChI=1S/C12H12Br2N2S/c1-8-12(14)11(16(2)15-8)7-17-10-5-3-9(13)4-6-10/h3-6H,7H2,1-2H3. The van der Waals surface area contributed by atoms with Gasteiger partial charge in [0.15, 0.2) is 0 Å². The fourth-order valence-corrected chi connectivity index (χ4v) is 3.41. The van der Waals surface area contributed by atoms with Gasteiger partial charge >= 0.3 is 0 Å². The molecule has 0 aliphatic carbocycles. The Morgan fingerprint density at radius 1 is 1.24 bits per heavy atom. The Hall–Kier alpha value is -0.260. The predicted molar refractivity (Wildman–Crippen MR) is 79.3 cm³/mol. The first kappa shape index (κ1) is 13.2. The maximum Gasteiger partial charge on any atom is 0.0738 e. The van der Waals surface area contributed by atoms with Crippen LogP contribution in [0.15, 0.2) is 38.1 Å². The summed E-state index contributed by atoms with van der Waals surface area (Å²) in [6, 6.07) is 8.36. The van der Waals surface area contributed by atoms with Gasteiger partial charge in [0.25, 0.3) is 0 Å². The van der Waals surface area contributed by atoms with Crippen molar-refractivity contribution in [2.75, 3.05) is 0 Å². The third-order valence-corrected chi connectivity index (χ3v) is 5.03. The van der Waals surface area contributed by atoms with Crippen LogP contribution in [0.25, 0.3) is 0 Å². The van der Waals surface area contributed by atoms with Gasteiger partial charge in [-0.3, -0.25) is 4.68 Å². The van der Waals surface area contributed by atoms with Crippen LogP contribution in [0.5, 0.6) is 0 Å². The zero-order valence-corrected chi connectivity index (χ0v) is 13.6. The lowest BCUT2D eigenvalue weighted by Gasteiger charge is -2.03. The Labute approximate surface area is 122 Å². The zero-order chi connectivity index (χ0) is 12.4. The number of hydrogen-bond donors (Lipinski definition) is 0. The Kier molecular flexibility index (Phi) is 4.33. The first-order valence-electron chi connectivity index (χ1n) is 5.14. The average Bonchev–Trinajstić information content (AvgIpc) is 2.54. The summed E-state index contributed by atoms with van der Waals surface area (Å²) in [6.07, 6.45) is 0. The van der Waals surface area contributed by atoms with Crippen LogP contribution < -0.4 is 0 Å². The molecule has 0 saturated carbocycles. The highest BCUT2D eigenvalue weighted by Gasteiger charge is 2.10. The highest BCUT2D eigenvalue weighted by molar-refractivity contribution is 9.10. The number of thioether (sulfide) groups is 1. The summed E-state index contributed by atoms with van der Waals surface area (Å²) >= 11 is 8.83. The molecule has 5 heteroatoms. The van der Waals surface area contributed by atoms with E-state index in [1.165, 1.54) is 10.6 Å². The molecule has 0 spiro atoms. The molecule has 1 aromatic heterocycles. The molecule has 2 rings (SSSR count). The maximum atomic E-state index is 4.39. The molecule has 0 atom stereocenters. The highest BCUT2D eigenvalue weighted by atomic mass is 79.9. The molecule has 0 aliphatic heterocycles. The molecule has 0 N–H and O–H groups in total. The Bertz CT molecular complexity index is 520. The molecule has 0 radical (unpaired) electrons. The van der Waals surface area contributed by atoms with Crippen molar-refractivity contribution >= 4 is 43.6 Å². The second-order valence-electron chi connectivity index (χ2n) is 3.71. The van der Waals surface area contributed by atoms with Gasteiger partial charge in [-0.1, -0.05) is 15.9 Å². The van der Waals surface area contributed by atoms with Gasteiger partial charge in [0, 0.05) is 22.2 Å². The number of benzene rings is 1. The molecule has 0 aliphatic rings. The first-order chi connectivity index (χ1) is 8.08. The number of nitrogens with zero attached hydrogens (tertiary/aromatic N) is 2. The summed E-state index contributed by atoms with van der Waals surface area (Å²) in [4.78, 5) is 1.26. The van der Waals surface area contributed by atoms with E-state index in [9.17, 15) is 0 Å². The van der Waals surface area contributed by atoms with E-state index in [-0.39, 0.29) is 0 Å². The topological polar surface area (TPSA) is 17.8 Å². The van der Waals surface area contributed by atoms with Gasteiger partial charge in [-0.25, -0.2) is 0 Å². The van der Waals surface area contributed by atoms with Crippen LogP contribution in [-0.2, 0) is 12.8 Å². The quantitative estimate of drug-likeness (QED) is 0.732. The molecule has 0 unspecified atom stereocenters. The average molecular weight is 376 g/mol. The van der Waals surface area contributed by atoms with Crippen molar-refractivity contribution in [3.8, 4) is 0 Å². The predicted octanol–water partition coefficient (Wildman–Crippen LogP) is 4.55. The number of aromatic nitrogens is 2. The van der Waals surface area contributed by atoms with E-state index in [4.69, 9.17) is 0 Å². The van der Waals surface area contributed by atoms with Crippen LogP contribution in [0, 0.1) is 6.92 Å². The summed E-state index contributed by atoms with van der Waals surface area (Å²) in [7, 11) is 1.98. The third kappa shape index (κ3) is 3.14. The van der Waals surface area contributed by atoms with Gasteiger partial charge < -0.3 is 0 Å². The Morgan fingerprint density at radius 2 is 1.88 bits per heavy atom. The van der Waals surface area contributed by atoms with Crippen molar-refractivity contribution in [3.63, 3.8) is 0 Å². The first-order valence-corrected chi connectivity index (χ1v) is 7.71.